The van der Waals surface area contributed by atoms with Crippen LogP contribution in [0.3, 0.4) is 0 Å². The smallest absolute Gasteiger partial charge is 0.173 e. The van der Waals surface area contributed by atoms with Gasteiger partial charge in [0.15, 0.2) is 5.11 Å². The number of anilines is 1. The lowest BCUT2D eigenvalue weighted by molar-refractivity contribution is 0.368. The first-order valence-corrected chi connectivity index (χ1v) is 9.91. The first-order valence-electron chi connectivity index (χ1n) is 9.50. The minimum atomic E-state index is -0.274. The predicted octanol–water partition coefficient (Wildman–Crippen LogP) is 5.65. The molecule has 148 valence electrons. The highest BCUT2D eigenvalue weighted by molar-refractivity contribution is 7.80. The van der Waals surface area contributed by atoms with Crippen molar-refractivity contribution in [2.45, 2.75) is 19.9 Å². The number of furan rings is 1. The molecular formula is C23H22FN3OS. The fraction of sp³-hybridized carbons (Fsp3) is 0.174. The van der Waals surface area contributed by atoms with Gasteiger partial charge in [0.1, 0.15) is 11.6 Å². The monoisotopic (exact) mass is 407 g/mol. The van der Waals surface area contributed by atoms with Crippen LogP contribution in [0, 0.1) is 12.7 Å². The Balaban J connectivity index is 1.52. The number of nitrogens with zero attached hydrogens (tertiary/aromatic N) is 1. The largest absolute Gasteiger partial charge is 0.467 e. The maximum absolute atomic E-state index is 13.2. The van der Waals surface area contributed by atoms with E-state index in [4.69, 9.17) is 16.6 Å². The number of thiocarbonyl (C=S) groups is 1. The maximum Gasteiger partial charge on any atom is 0.173 e. The second-order valence-corrected chi connectivity index (χ2v) is 7.35. The van der Waals surface area contributed by atoms with E-state index in [1.165, 1.54) is 28.8 Å². The summed E-state index contributed by atoms with van der Waals surface area (Å²) in [5, 5.41) is 5.02. The zero-order chi connectivity index (χ0) is 20.2. The van der Waals surface area contributed by atoms with E-state index in [2.05, 4.69) is 40.3 Å². The van der Waals surface area contributed by atoms with Crippen LogP contribution in [0.5, 0.6) is 0 Å². The van der Waals surface area contributed by atoms with Gasteiger partial charge in [0.25, 0.3) is 0 Å². The van der Waals surface area contributed by atoms with Gasteiger partial charge < -0.3 is 19.6 Å². The van der Waals surface area contributed by atoms with Gasteiger partial charge in [-0.15, -0.1) is 0 Å². The van der Waals surface area contributed by atoms with Gasteiger partial charge in [0.2, 0.25) is 0 Å². The molecule has 29 heavy (non-hydrogen) atoms. The number of aromatic amines is 1. The average molecular weight is 408 g/mol. The van der Waals surface area contributed by atoms with E-state index in [0.29, 0.717) is 11.7 Å². The molecule has 0 spiro atoms. The number of hydrogen-bond donors (Lipinski definition) is 2. The van der Waals surface area contributed by atoms with Crippen molar-refractivity contribution < 1.29 is 8.81 Å². The van der Waals surface area contributed by atoms with Crippen molar-refractivity contribution in [2.24, 2.45) is 0 Å². The molecule has 4 aromatic rings. The summed E-state index contributed by atoms with van der Waals surface area (Å²) < 4.78 is 18.7. The minimum absolute atomic E-state index is 0.274. The highest BCUT2D eigenvalue weighted by atomic mass is 32.1. The van der Waals surface area contributed by atoms with Gasteiger partial charge in [-0.05, 0) is 73.6 Å². The van der Waals surface area contributed by atoms with Gasteiger partial charge in [-0.2, -0.15) is 0 Å². The Bertz CT molecular complexity index is 1100. The molecule has 2 N–H and O–H groups in total. The fourth-order valence-electron chi connectivity index (χ4n) is 3.48. The van der Waals surface area contributed by atoms with E-state index >= 15 is 0 Å². The molecule has 0 unspecified atom stereocenters. The van der Waals surface area contributed by atoms with E-state index in [-0.39, 0.29) is 5.82 Å². The van der Waals surface area contributed by atoms with Gasteiger partial charge in [0, 0.05) is 28.8 Å². The van der Waals surface area contributed by atoms with Crippen LogP contribution in [0.15, 0.2) is 71.3 Å². The summed E-state index contributed by atoms with van der Waals surface area (Å²) >= 11 is 5.66. The third-order valence-electron chi connectivity index (χ3n) is 4.97. The second kappa shape index (κ2) is 8.49. The van der Waals surface area contributed by atoms with Gasteiger partial charge in [-0.1, -0.05) is 18.2 Å². The van der Waals surface area contributed by atoms with E-state index in [9.17, 15) is 4.39 Å². The highest BCUT2D eigenvalue weighted by Crippen LogP contribution is 2.23. The maximum atomic E-state index is 13.2. The molecule has 4 nitrogen and oxygen atoms in total. The van der Waals surface area contributed by atoms with E-state index in [1.807, 2.05) is 18.2 Å². The summed E-state index contributed by atoms with van der Waals surface area (Å²) in [6, 6.07) is 18.3. The SMILES string of the molecule is Cc1[nH]c2ccccc2c1CCN(Cc1ccco1)C(=S)Nc1ccc(F)cc1. The Morgan fingerprint density at radius 2 is 1.90 bits per heavy atom. The lowest BCUT2D eigenvalue weighted by Gasteiger charge is -2.25. The Hall–Kier alpha value is -3.12. The van der Waals surface area contributed by atoms with Gasteiger partial charge in [0.05, 0.1) is 12.8 Å². The molecule has 0 saturated carbocycles. The number of hydrogen-bond acceptors (Lipinski definition) is 2. The van der Waals surface area contributed by atoms with Crippen molar-refractivity contribution in [3.8, 4) is 0 Å². The number of aromatic nitrogens is 1. The Kier molecular flexibility index (Phi) is 5.62. The molecule has 2 heterocycles. The summed E-state index contributed by atoms with van der Waals surface area (Å²) in [5.41, 5.74) is 4.35. The van der Waals surface area contributed by atoms with Crippen molar-refractivity contribution >= 4 is 33.9 Å². The molecule has 0 atom stereocenters. The molecule has 4 rings (SSSR count). The fourth-order valence-corrected chi connectivity index (χ4v) is 3.76. The Labute approximate surface area is 174 Å². The van der Waals surface area contributed by atoms with Crippen molar-refractivity contribution in [3.63, 3.8) is 0 Å². The summed E-state index contributed by atoms with van der Waals surface area (Å²) in [4.78, 5) is 5.52. The topological polar surface area (TPSA) is 44.2 Å². The van der Waals surface area contributed by atoms with Gasteiger partial charge >= 0.3 is 0 Å². The number of benzene rings is 2. The quantitative estimate of drug-likeness (QED) is 0.405. The molecule has 2 aromatic heterocycles. The molecule has 0 aliphatic heterocycles. The molecule has 0 fully saturated rings. The molecule has 0 radical (unpaired) electrons. The van der Waals surface area contributed by atoms with Crippen LogP contribution in [-0.4, -0.2) is 21.5 Å². The standard InChI is InChI=1S/C23H22FN3OS/c1-16-20(21-6-2-3-7-22(21)25-16)12-13-27(15-19-5-4-14-28-19)23(29)26-18-10-8-17(24)9-11-18/h2-11,14,25H,12-13,15H2,1H3,(H,26,29). The predicted molar refractivity (Wildman–Crippen MR) is 118 cm³/mol. The van der Waals surface area contributed by atoms with E-state index < -0.39 is 0 Å². The average Bonchev–Trinajstić information content (AvgIpc) is 3.34. The number of nitrogens with one attached hydrogen (secondary N) is 2. The van der Waals surface area contributed by atoms with Crippen LogP contribution < -0.4 is 5.32 Å². The summed E-state index contributed by atoms with van der Waals surface area (Å²) in [7, 11) is 0. The molecule has 0 saturated heterocycles. The Morgan fingerprint density at radius 3 is 2.66 bits per heavy atom. The number of aryl methyl sites for hydroxylation is 1. The highest BCUT2D eigenvalue weighted by Gasteiger charge is 2.15. The zero-order valence-corrected chi connectivity index (χ0v) is 16.9. The number of rotatable bonds is 6. The molecule has 0 aliphatic rings. The number of halogens is 1. The third-order valence-corrected chi connectivity index (χ3v) is 5.33. The van der Waals surface area contributed by atoms with Crippen LogP contribution in [-0.2, 0) is 13.0 Å². The molecule has 0 amide bonds. The van der Waals surface area contributed by atoms with Crippen LogP contribution in [0.2, 0.25) is 0 Å². The van der Waals surface area contributed by atoms with Crippen molar-refractivity contribution in [1.29, 1.82) is 0 Å². The van der Waals surface area contributed by atoms with Crippen molar-refractivity contribution in [3.05, 3.63) is 89.8 Å². The van der Waals surface area contributed by atoms with Crippen LogP contribution in [0.4, 0.5) is 10.1 Å². The first-order chi connectivity index (χ1) is 14.1. The Morgan fingerprint density at radius 1 is 1.10 bits per heavy atom. The van der Waals surface area contributed by atoms with Gasteiger partial charge in [-0.25, -0.2) is 4.39 Å². The summed E-state index contributed by atoms with van der Waals surface area (Å²) in [5.74, 6) is 0.563. The molecule has 0 aliphatic carbocycles. The zero-order valence-electron chi connectivity index (χ0n) is 16.1. The van der Waals surface area contributed by atoms with Crippen LogP contribution >= 0.6 is 12.2 Å². The van der Waals surface area contributed by atoms with Gasteiger partial charge in [-0.3, -0.25) is 0 Å². The summed E-state index contributed by atoms with van der Waals surface area (Å²) in [6.07, 6.45) is 2.50. The normalized spacial score (nSPS) is 11.0. The minimum Gasteiger partial charge on any atom is -0.467 e. The molecule has 2 aromatic carbocycles. The second-order valence-electron chi connectivity index (χ2n) is 6.96. The van der Waals surface area contributed by atoms with Crippen LogP contribution in [0.25, 0.3) is 10.9 Å². The summed E-state index contributed by atoms with van der Waals surface area (Å²) in [6.45, 7) is 3.37. The van der Waals surface area contributed by atoms with Crippen molar-refractivity contribution in [1.82, 2.24) is 9.88 Å². The number of H-pyrrole nitrogens is 1. The van der Waals surface area contributed by atoms with Crippen LogP contribution in [0.1, 0.15) is 17.0 Å². The third kappa shape index (κ3) is 4.49. The number of para-hydroxylation sites is 1. The van der Waals surface area contributed by atoms with E-state index in [1.54, 1.807) is 18.4 Å². The lowest BCUT2D eigenvalue weighted by Crippen LogP contribution is -2.35. The molecule has 6 heteroatoms. The molecule has 0 bridgehead atoms. The molecular weight excluding hydrogens is 385 g/mol. The van der Waals surface area contributed by atoms with Crippen molar-refractivity contribution in [2.75, 3.05) is 11.9 Å². The first kappa shape index (κ1) is 19.2. The lowest BCUT2D eigenvalue weighted by atomic mass is 10.1. The number of fused-ring (bicyclic) bond motifs is 1. The van der Waals surface area contributed by atoms with E-state index in [0.717, 1.165) is 29.9 Å².